The Bertz CT molecular complexity index is 438. The second-order valence-electron chi connectivity index (χ2n) is 5.11. The molecule has 3 rings (SSSR count). The SMILES string of the molecule is O=C(CC1CNC1)Nc1ccc2c(c1)CCC2. The van der Waals surface area contributed by atoms with E-state index in [9.17, 15) is 4.79 Å². The van der Waals surface area contributed by atoms with Gasteiger partial charge in [0.2, 0.25) is 5.91 Å². The Balaban J connectivity index is 1.62. The van der Waals surface area contributed by atoms with Crippen molar-refractivity contribution in [3.63, 3.8) is 0 Å². The predicted molar refractivity (Wildman–Crippen MR) is 68.1 cm³/mol. The van der Waals surface area contributed by atoms with E-state index < -0.39 is 0 Å². The zero-order valence-corrected chi connectivity index (χ0v) is 9.96. The van der Waals surface area contributed by atoms with Crippen LogP contribution in [0.15, 0.2) is 18.2 Å². The van der Waals surface area contributed by atoms with Crippen LogP contribution in [-0.4, -0.2) is 19.0 Å². The van der Waals surface area contributed by atoms with Gasteiger partial charge >= 0.3 is 0 Å². The lowest BCUT2D eigenvalue weighted by atomic mass is 9.99. The molecule has 1 aliphatic heterocycles. The highest BCUT2D eigenvalue weighted by atomic mass is 16.1. The molecule has 0 bridgehead atoms. The minimum atomic E-state index is 0.148. The lowest BCUT2D eigenvalue weighted by Crippen LogP contribution is -2.43. The molecule has 2 aliphatic rings. The van der Waals surface area contributed by atoms with Gasteiger partial charge in [-0.3, -0.25) is 4.79 Å². The highest BCUT2D eigenvalue weighted by molar-refractivity contribution is 5.91. The molecule has 1 saturated heterocycles. The normalized spacial score (nSPS) is 18.6. The summed E-state index contributed by atoms with van der Waals surface area (Å²) < 4.78 is 0. The van der Waals surface area contributed by atoms with Gasteiger partial charge in [0.25, 0.3) is 0 Å². The maximum atomic E-state index is 11.8. The molecule has 0 spiro atoms. The van der Waals surface area contributed by atoms with E-state index in [4.69, 9.17) is 0 Å². The van der Waals surface area contributed by atoms with E-state index >= 15 is 0 Å². The highest BCUT2D eigenvalue weighted by Gasteiger charge is 2.20. The van der Waals surface area contributed by atoms with Crippen molar-refractivity contribution >= 4 is 11.6 Å². The number of rotatable bonds is 3. The number of nitrogens with one attached hydrogen (secondary N) is 2. The number of amides is 1. The average Bonchev–Trinajstić information content (AvgIpc) is 2.71. The Kier molecular flexibility index (Phi) is 2.85. The summed E-state index contributed by atoms with van der Waals surface area (Å²) in [5, 5.41) is 6.19. The van der Waals surface area contributed by atoms with Crippen LogP contribution in [0.5, 0.6) is 0 Å². The number of aryl methyl sites for hydroxylation is 2. The Hall–Kier alpha value is -1.35. The number of anilines is 1. The summed E-state index contributed by atoms with van der Waals surface area (Å²) in [4.78, 5) is 11.8. The van der Waals surface area contributed by atoms with Gasteiger partial charge in [0.1, 0.15) is 0 Å². The molecule has 0 atom stereocenters. The Morgan fingerprint density at radius 3 is 2.88 bits per heavy atom. The van der Waals surface area contributed by atoms with Gasteiger partial charge in [-0.2, -0.15) is 0 Å². The summed E-state index contributed by atoms with van der Waals surface area (Å²) in [5.74, 6) is 0.680. The largest absolute Gasteiger partial charge is 0.326 e. The van der Waals surface area contributed by atoms with E-state index in [1.165, 1.54) is 24.0 Å². The van der Waals surface area contributed by atoms with E-state index in [0.29, 0.717) is 12.3 Å². The number of hydrogen-bond acceptors (Lipinski definition) is 2. The third-order valence-electron chi connectivity index (χ3n) is 3.72. The molecule has 17 heavy (non-hydrogen) atoms. The van der Waals surface area contributed by atoms with Crippen LogP contribution in [0, 0.1) is 5.92 Å². The van der Waals surface area contributed by atoms with E-state index in [0.717, 1.165) is 25.2 Å². The zero-order chi connectivity index (χ0) is 11.7. The predicted octanol–water partition coefficient (Wildman–Crippen LogP) is 1.72. The van der Waals surface area contributed by atoms with Crippen LogP contribution in [0.1, 0.15) is 24.0 Å². The maximum absolute atomic E-state index is 11.8. The van der Waals surface area contributed by atoms with Crippen LogP contribution in [0.4, 0.5) is 5.69 Å². The molecule has 1 heterocycles. The van der Waals surface area contributed by atoms with Crippen molar-refractivity contribution in [2.24, 2.45) is 5.92 Å². The summed E-state index contributed by atoms with van der Waals surface area (Å²) >= 11 is 0. The summed E-state index contributed by atoms with van der Waals surface area (Å²) in [6.45, 7) is 1.97. The van der Waals surface area contributed by atoms with E-state index in [1.54, 1.807) is 0 Å². The quantitative estimate of drug-likeness (QED) is 0.830. The van der Waals surface area contributed by atoms with Crippen LogP contribution >= 0.6 is 0 Å². The van der Waals surface area contributed by atoms with Gasteiger partial charge in [0.05, 0.1) is 0 Å². The third-order valence-corrected chi connectivity index (χ3v) is 3.72. The molecular weight excluding hydrogens is 212 g/mol. The van der Waals surface area contributed by atoms with Crippen molar-refractivity contribution < 1.29 is 4.79 Å². The van der Waals surface area contributed by atoms with Crippen LogP contribution in [0.25, 0.3) is 0 Å². The molecule has 3 nitrogen and oxygen atoms in total. The van der Waals surface area contributed by atoms with Crippen LogP contribution in [-0.2, 0) is 17.6 Å². The van der Waals surface area contributed by atoms with Crippen molar-refractivity contribution in [2.45, 2.75) is 25.7 Å². The van der Waals surface area contributed by atoms with Crippen molar-refractivity contribution in [3.8, 4) is 0 Å². The zero-order valence-electron chi connectivity index (χ0n) is 9.96. The Labute approximate surface area is 102 Å². The summed E-state index contributed by atoms with van der Waals surface area (Å²) in [5.41, 5.74) is 3.82. The molecule has 1 aromatic rings. The highest BCUT2D eigenvalue weighted by Crippen LogP contribution is 2.25. The minimum Gasteiger partial charge on any atom is -0.326 e. The monoisotopic (exact) mass is 230 g/mol. The molecular formula is C14H18N2O. The fraction of sp³-hybridized carbons (Fsp3) is 0.500. The topological polar surface area (TPSA) is 41.1 Å². The van der Waals surface area contributed by atoms with Gasteiger partial charge in [0.15, 0.2) is 0 Å². The van der Waals surface area contributed by atoms with Gasteiger partial charge in [0, 0.05) is 12.1 Å². The maximum Gasteiger partial charge on any atom is 0.224 e. The second-order valence-corrected chi connectivity index (χ2v) is 5.11. The summed E-state index contributed by atoms with van der Waals surface area (Å²) in [6.07, 6.45) is 4.24. The molecule has 1 aromatic carbocycles. The first-order chi connectivity index (χ1) is 8.31. The first-order valence-electron chi connectivity index (χ1n) is 6.43. The smallest absolute Gasteiger partial charge is 0.224 e. The molecule has 0 saturated carbocycles. The molecule has 1 aliphatic carbocycles. The van der Waals surface area contributed by atoms with Crippen molar-refractivity contribution in [2.75, 3.05) is 18.4 Å². The molecule has 0 radical (unpaired) electrons. The number of carbonyl (C=O) groups is 1. The van der Waals surface area contributed by atoms with Crippen LogP contribution < -0.4 is 10.6 Å². The molecule has 90 valence electrons. The van der Waals surface area contributed by atoms with Gasteiger partial charge in [-0.1, -0.05) is 6.07 Å². The van der Waals surface area contributed by atoms with E-state index in [-0.39, 0.29) is 5.91 Å². The summed E-state index contributed by atoms with van der Waals surface area (Å²) in [7, 11) is 0. The first kappa shape index (κ1) is 10.8. The van der Waals surface area contributed by atoms with E-state index in [1.807, 2.05) is 6.07 Å². The molecule has 1 amide bonds. The van der Waals surface area contributed by atoms with Crippen molar-refractivity contribution in [1.82, 2.24) is 5.32 Å². The molecule has 3 heteroatoms. The van der Waals surface area contributed by atoms with Gasteiger partial charge < -0.3 is 10.6 Å². The Morgan fingerprint density at radius 1 is 1.29 bits per heavy atom. The average molecular weight is 230 g/mol. The molecule has 0 aromatic heterocycles. The Morgan fingerprint density at radius 2 is 2.12 bits per heavy atom. The molecule has 1 fully saturated rings. The van der Waals surface area contributed by atoms with Gasteiger partial charge in [-0.25, -0.2) is 0 Å². The number of hydrogen-bond donors (Lipinski definition) is 2. The molecule has 0 unspecified atom stereocenters. The first-order valence-corrected chi connectivity index (χ1v) is 6.43. The van der Waals surface area contributed by atoms with E-state index in [2.05, 4.69) is 22.8 Å². The number of benzene rings is 1. The fourth-order valence-corrected chi connectivity index (χ4v) is 2.62. The third kappa shape index (κ3) is 2.34. The van der Waals surface area contributed by atoms with Crippen LogP contribution in [0.2, 0.25) is 0 Å². The minimum absolute atomic E-state index is 0.148. The van der Waals surface area contributed by atoms with Gasteiger partial charge in [-0.15, -0.1) is 0 Å². The van der Waals surface area contributed by atoms with Crippen LogP contribution in [0.3, 0.4) is 0 Å². The van der Waals surface area contributed by atoms with Crippen molar-refractivity contribution in [3.05, 3.63) is 29.3 Å². The lowest BCUT2D eigenvalue weighted by Gasteiger charge is -2.26. The summed E-state index contributed by atoms with van der Waals surface area (Å²) in [6, 6.07) is 6.32. The fourth-order valence-electron chi connectivity index (χ4n) is 2.62. The number of carbonyl (C=O) groups excluding carboxylic acids is 1. The van der Waals surface area contributed by atoms with Crippen molar-refractivity contribution in [1.29, 1.82) is 0 Å². The number of fused-ring (bicyclic) bond motifs is 1. The lowest BCUT2D eigenvalue weighted by molar-refractivity contribution is -0.117. The second kappa shape index (κ2) is 4.49. The standard InChI is InChI=1S/C14H18N2O/c17-14(6-10-8-15-9-10)16-13-5-4-11-2-1-3-12(11)7-13/h4-5,7,10,15H,1-3,6,8-9H2,(H,16,17). The van der Waals surface area contributed by atoms with Gasteiger partial charge in [-0.05, 0) is 61.5 Å². The molecule has 2 N–H and O–H groups in total.